The predicted molar refractivity (Wildman–Crippen MR) is 159 cm³/mol. The summed E-state index contributed by atoms with van der Waals surface area (Å²) in [7, 11) is 0. The molecule has 8 nitrogen and oxygen atoms in total. The number of aryl methyl sites for hydroxylation is 2. The van der Waals surface area contributed by atoms with Gasteiger partial charge in [0.1, 0.15) is 27.8 Å². The molecule has 6 rings (SSSR count). The lowest BCUT2D eigenvalue weighted by Crippen LogP contribution is -2.32. The molecule has 2 saturated heterocycles. The van der Waals surface area contributed by atoms with E-state index in [9.17, 15) is 8.78 Å². The van der Waals surface area contributed by atoms with E-state index in [0.29, 0.717) is 93.9 Å². The number of aliphatic hydroxyl groups is 1. The van der Waals surface area contributed by atoms with Crippen LogP contribution in [0.5, 0.6) is 5.88 Å². The van der Waals surface area contributed by atoms with Crippen molar-refractivity contribution in [3.63, 3.8) is 0 Å². The van der Waals surface area contributed by atoms with Gasteiger partial charge < -0.3 is 19.3 Å². The molecule has 0 radical (unpaired) electrons. The molecule has 0 aliphatic carbocycles. The zero-order valence-corrected chi connectivity index (χ0v) is 26.4. The van der Waals surface area contributed by atoms with Gasteiger partial charge in [0.2, 0.25) is 5.88 Å². The molecule has 0 amide bonds. The van der Waals surface area contributed by atoms with Gasteiger partial charge in [-0.1, -0.05) is 57.3 Å². The number of halogens is 5. The highest BCUT2D eigenvalue weighted by atomic mass is 79.9. The average molecular weight is 719 g/mol. The maximum atomic E-state index is 14.0. The fraction of sp³-hybridized carbons (Fsp3) is 0.429. The summed E-state index contributed by atoms with van der Waals surface area (Å²) in [6, 6.07) is 6.26. The molecule has 2 aromatic heterocycles. The summed E-state index contributed by atoms with van der Waals surface area (Å²) in [5.74, 6) is 1.65. The van der Waals surface area contributed by atoms with Gasteiger partial charge in [0.05, 0.1) is 45.0 Å². The van der Waals surface area contributed by atoms with Gasteiger partial charge in [-0.15, -0.1) is 0 Å². The molecule has 0 bridgehead atoms. The third-order valence-corrected chi connectivity index (χ3v) is 7.41. The zero-order chi connectivity index (χ0) is 29.5. The number of aromatic nitrogens is 4. The lowest BCUT2D eigenvalue weighted by Gasteiger charge is -2.25. The maximum Gasteiger partial charge on any atom is 0.224 e. The Morgan fingerprint density at radius 2 is 1.34 bits per heavy atom. The van der Waals surface area contributed by atoms with E-state index >= 15 is 0 Å². The van der Waals surface area contributed by atoms with Crippen LogP contribution in [0.25, 0.3) is 21.8 Å². The van der Waals surface area contributed by atoms with Crippen molar-refractivity contribution in [1.29, 1.82) is 0 Å². The van der Waals surface area contributed by atoms with Gasteiger partial charge in [-0.3, -0.25) is 0 Å². The van der Waals surface area contributed by atoms with Crippen molar-refractivity contribution < 1.29 is 28.1 Å². The minimum absolute atomic E-state index is 0.273. The Labute approximate surface area is 258 Å². The van der Waals surface area contributed by atoms with Crippen LogP contribution in [0.1, 0.15) is 25.5 Å². The third-order valence-electron chi connectivity index (χ3n) is 6.21. The Morgan fingerprint density at radius 1 is 0.829 bits per heavy atom. The van der Waals surface area contributed by atoms with Gasteiger partial charge in [0.15, 0.2) is 11.6 Å². The number of aliphatic hydroxyl groups excluding tert-OH is 1. The van der Waals surface area contributed by atoms with Gasteiger partial charge in [0, 0.05) is 39.0 Å². The second kappa shape index (κ2) is 14.9. The number of benzene rings is 2. The SMILES string of the molecule is CCc1nc(Cl)c2cc(Br)cc(F)c2n1.CCc1nc(OCC2COC2)c2cc(Br)cc(F)c2n1.OCC1COC1. The third kappa shape index (κ3) is 8.26. The molecule has 0 atom stereocenters. The van der Waals surface area contributed by atoms with Crippen LogP contribution in [-0.4, -0.2) is 64.7 Å². The lowest BCUT2D eigenvalue weighted by atomic mass is 10.1. The van der Waals surface area contributed by atoms with Crippen molar-refractivity contribution in [2.45, 2.75) is 26.7 Å². The summed E-state index contributed by atoms with van der Waals surface area (Å²) in [5.41, 5.74) is 0.579. The molecule has 4 aromatic rings. The number of hydrogen-bond acceptors (Lipinski definition) is 8. The van der Waals surface area contributed by atoms with Crippen LogP contribution in [0.2, 0.25) is 5.15 Å². The smallest absolute Gasteiger partial charge is 0.224 e. The average Bonchev–Trinajstić information content (AvgIpc) is 2.88. The van der Waals surface area contributed by atoms with Crippen LogP contribution in [-0.2, 0) is 22.3 Å². The molecule has 41 heavy (non-hydrogen) atoms. The first-order valence-electron chi connectivity index (χ1n) is 13.1. The summed E-state index contributed by atoms with van der Waals surface area (Å²) in [6.45, 7) is 7.59. The fourth-order valence-corrected chi connectivity index (χ4v) is 4.83. The van der Waals surface area contributed by atoms with Crippen LogP contribution < -0.4 is 4.74 Å². The highest BCUT2D eigenvalue weighted by Crippen LogP contribution is 2.29. The Balaban J connectivity index is 0.000000161. The summed E-state index contributed by atoms with van der Waals surface area (Å²) in [6.07, 6.45) is 1.26. The number of rotatable bonds is 6. The van der Waals surface area contributed by atoms with Gasteiger partial charge in [-0.05, 0) is 24.3 Å². The summed E-state index contributed by atoms with van der Waals surface area (Å²) in [5, 5.41) is 9.72. The van der Waals surface area contributed by atoms with Crippen LogP contribution in [0, 0.1) is 23.5 Å². The van der Waals surface area contributed by atoms with E-state index in [1.807, 2.05) is 13.8 Å². The molecule has 13 heteroatoms. The van der Waals surface area contributed by atoms with Crippen molar-refractivity contribution in [2.24, 2.45) is 11.8 Å². The number of ether oxygens (including phenoxy) is 3. The minimum atomic E-state index is -0.390. The normalized spacial score (nSPS) is 14.9. The van der Waals surface area contributed by atoms with Crippen LogP contribution in [0.3, 0.4) is 0 Å². The minimum Gasteiger partial charge on any atom is -0.477 e. The van der Waals surface area contributed by atoms with E-state index in [-0.39, 0.29) is 16.5 Å². The van der Waals surface area contributed by atoms with E-state index in [2.05, 4.69) is 51.8 Å². The Hall–Kier alpha value is -2.09. The van der Waals surface area contributed by atoms with E-state index < -0.39 is 5.82 Å². The fourth-order valence-electron chi connectivity index (χ4n) is 3.73. The zero-order valence-electron chi connectivity index (χ0n) is 22.5. The Kier molecular flexibility index (Phi) is 11.6. The molecule has 2 fully saturated rings. The molecule has 0 unspecified atom stereocenters. The van der Waals surface area contributed by atoms with Gasteiger partial charge >= 0.3 is 0 Å². The van der Waals surface area contributed by atoms with Gasteiger partial charge in [-0.2, -0.15) is 4.98 Å². The molecular formula is C28H29Br2ClF2N4O4. The molecular weight excluding hydrogens is 690 g/mol. The first kappa shape index (κ1) is 31.8. The second-order valence-electron chi connectivity index (χ2n) is 9.45. The van der Waals surface area contributed by atoms with Crippen molar-refractivity contribution in [3.05, 3.63) is 61.6 Å². The molecule has 4 heterocycles. The van der Waals surface area contributed by atoms with Crippen LogP contribution in [0.15, 0.2) is 33.2 Å². The van der Waals surface area contributed by atoms with Gasteiger partial charge in [-0.25, -0.2) is 23.7 Å². The van der Waals surface area contributed by atoms with Crippen LogP contribution >= 0.6 is 43.5 Å². The molecule has 1 N–H and O–H groups in total. The van der Waals surface area contributed by atoms with Gasteiger partial charge in [0.25, 0.3) is 0 Å². The molecule has 2 aromatic carbocycles. The predicted octanol–water partition coefficient (Wildman–Crippen LogP) is 6.49. The summed E-state index contributed by atoms with van der Waals surface area (Å²) >= 11 is 12.4. The Morgan fingerprint density at radius 3 is 1.80 bits per heavy atom. The van der Waals surface area contributed by atoms with Crippen molar-refractivity contribution in [2.75, 3.05) is 39.6 Å². The monoisotopic (exact) mass is 716 g/mol. The molecule has 0 spiro atoms. The highest BCUT2D eigenvalue weighted by Gasteiger charge is 2.21. The Bertz CT molecular complexity index is 1510. The van der Waals surface area contributed by atoms with E-state index in [4.69, 9.17) is 30.9 Å². The number of nitrogens with zero attached hydrogens (tertiary/aromatic N) is 4. The van der Waals surface area contributed by atoms with E-state index in [0.717, 1.165) is 13.2 Å². The van der Waals surface area contributed by atoms with Crippen molar-refractivity contribution in [3.8, 4) is 5.88 Å². The first-order chi connectivity index (χ1) is 19.7. The maximum absolute atomic E-state index is 14.0. The van der Waals surface area contributed by atoms with E-state index in [1.54, 1.807) is 12.1 Å². The molecule has 2 aliphatic heterocycles. The van der Waals surface area contributed by atoms with Crippen LogP contribution in [0.4, 0.5) is 8.78 Å². The molecule has 2 aliphatic rings. The topological polar surface area (TPSA) is 99.5 Å². The summed E-state index contributed by atoms with van der Waals surface area (Å²) in [4.78, 5) is 16.8. The first-order valence-corrected chi connectivity index (χ1v) is 15.0. The van der Waals surface area contributed by atoms with Crippen molar-refractivity contribution in [1.82, 2.24) is 19.9 Å². The molecule has 220 valence electrons. The summed E-state index contributed by atoms with van der Waals surface area (Å²) < 4.78 is 44.5. The van der Waals surface area contributed by atoms with E-state index in [1.165, 1.54) is 12.1 Å². The molecule has 0 saturated carbocycles. The van der Waals surface area contributed by atoms with Crippen molar-refractivity contribution >= 4 is 65.3 Å². The quantitative estimate of drug-likeness (QED) is 0.226. The standard InChI is InChI=1S/C14H14BrFN2O2.C10H7BrClFN2.C4H8O2/c1-2-12-17-13-10(3-9(15)4-11(13)16)14(18-12)20-7-8-5-19-6-8;1-2-8-14-9-6(10(12)15-8)3-5(11)4-7(9)13;5-1-4-2-6-3-4/h3-4,8H,2,5-7H2,1H3;3-4H,2H2,1H3;4-5H,1-3H2. The number of fused-ring (bicyclic) bond motifs is 2. The number of hydrogen-bond donors (Lipinski definition) is 1. The second-order valence-corrected chi connectivity index (χ2v) is 11.6. The highest BCUT2D eigenvalue weighted by molar-refractivity contribution is 9.10. The lowest BCUT2D eigenvalue weighted by molar-refractivity contribution is -0.0554. The largest absolute Gasteiger partial charge is 0.477 e.